The molecule has 6 atom stereocenters. The van der Waals surface area contributed by atoms with Crippen LogP contribution in [0.5, 0.6) is 0 Å². The zero-order valence-electron chi connectivity index (χ0n) is 26.2. The van der Waals surface area contributed by atoms with Crippen LogP contribution in [0, 0.1) is 11.8 Å². The van der Waals surface area contributed by atoms with E-state index in [0.717, 1.165) is 24.3 Å². The van der Waals surface area contributed by atoms with Crippen LogP contribution in [0.1, 0.15) is 12.5 Å². The van der Waals surface area contributed by atoms with Crippen LogP contribution in [0.3, 0.4) is 0 Å². The molecule has 5 heterocycles. The molecule has 1 N–H and O–H groups in total. The van der Waals surface area contributed by atoms with Crippen molar-refractivity contribution in [2.45, 2.75) is 36.6 Å². The lowest BCUT2D eigenvalue weighted by molar-refractivity contribution is -0.154. The molecule has 10 heteroatoms. The fraction of sp³-hybridized carbons (Fsp3) is 0.472. The number of ether oxygens (including phenoxy) is 2. The quantitative estimate of drug-likeness (QED) is 0.447. The SMILES string of the molecule is C[C@@]12C=CCN(c3ccccc3)C(=O)[C@@H]1[C@H]1C(=O)N([C@@H](CO)Cc3ccccc3)C3C(=O)N(CCN4CCOCC4)CC=C[C@@]31O2. The Labute approximate surface area is 269 Å². The lowest BCUT2D eigenvalue weighted by Gasteiger charge is -2.40. The first-order valence-corrected chi connectivity index (χ1v) is 16.3. The Kier molecular flexibility index (Phi) is 8.31. The van der Waals surface area contributed by atoms with Gasteiger partial charge in [0, 0.05) is 45.0 Å². The average Bonchev–Trinajstić information content (AvgIpc) is 3.36. The monoisotopic (exact) mass is 626 g/mol. The molecule has 5 aliphatic heterocycles. The molecule has 242 valence electrons. The third kappa shape index (κ3) is 5.17. The Morgan fingerprint density at radius 1 is 0.848 bits per heavy atom. The highest BCUT2D eigenvalue weighted by Gasteiger charge is 2.75. The molecule has 7 rings (SSSR count). The summed E-state index contributed by atoms with van der Waals surface area (Å²) in [7, 11) is 0. The number of benzene rings is 2. The van der Waals surface area contributed by atoms with Gasteiger partial charge in [0.2, 0.25) is 17.7 Å². The predicted molar refractivity (Wildman–Crippen MR) is 172 cm³/mol. The second kappa shape index (κ2) is 12.4. The number of nitrogens with zero attached hydrogens (tertiary/aromatic N) is 4. The molecule has 3 amide bonds. The number of para-hydroxylation sites is 1. The van der Waals surface area contributed by atoms with Crippen LogP contribution in [-0.2, 0) is 30.3 Å². The van der Waals surface area contributed by atoms with Crippen molar-refractivity contribution in [1.82, 2.24) is 14.7 Å². The molecule has 0 radical (unpaired) electrons. The lowest BCUT2D eigenvalue weighted by atomic mass is 9.74. The van der Waals surface area contributed by atoms with Gasteiger partial charge in [-0.15, -0.1) is 0 Å². The highest BCUT2D eigenvalue weighted by atomic mass is 16.5. The fourth-order valence-corrected chi connectivity index (χ4v) is 8.17. The second-order valence-corrected chi connectivity index (χ2v) is 13.1. The van der Waals surface area contributed by atoms with Crippen molar-refractivity contribution in [3.8, 4) is 0 Å². The molecule has 0 bridgehead atoms. The maximum Gasteiger partial charge on any atom is 0.249 e. The molecule has 2 aromatic carbocycles. The Bertz CT molecular complexity index is 1510. The number of rotatable bonds is 8. The first-order chi connectivity index (χ1) is 22.4. The number of amides is 3. The molecule has 1 unspecified atom stereocenters. The van der Waals surface area contributed by atoms with Crippen LogP contribution >= 0.6 is 0 Å². The molecular weight excluding hydrogens is 584 g/mol. The maximum absolute atomic E-state index is 14.9. The molecule has 5 aliphatic rings. The molecule has 0 aliphatic carbocycles. The zero-order chi connectivity index (χ0) is 31.9. The van der Waals surface area contributed by atoms with Crippen molar-refractivity contribution in [2.75, 3.05) is 64.0 Å². The minimum Gasteiger partial charge on any atom is -0.394 e. The van der Waals surface area contributed by atoms with Crippen molar-refractivity contribution in [3.63, 3.8) is 0 Å². The molecule has 0 saturated carbocycles. The van der Waals surface area contributed by atoms with Crippen molar-refractivity contribution >= 4 is 23.4 Å². The summed E-state index contributed by atoms with van der Waals surface area (Å²) in [5.41, 5.74) is -0.825. The highest BCUT2D eigenvalue weighted by molar-refractivity contribution is 6.04. The first-order valence-electron chi connectivity index (χ1n) is 16.3. The standard InChI is InChI=1S/C36H42N4O6/c1-35-14-8-17-39(27-12-6-3-7-13-27)32(42)29(35)30-33(43)40(28(25-41)24-26-10-4-2-5-11-26)31-34(44)38(16-9-15-36(30,31)46-35)19-18-37-20-22-45-23-21-37/h2-15,28-31,41H,16-25H2,1H3/t28-,29+,30+,31?,35-,36+/m1/s1. The summed E-state index contributed by atoms with van der Waals surface area (Å²) in [5.74, 6) is -2.60. The van der Waals surface area contributed by atoms with Crippen LogP contribution in [0.25, 0.3) is 0 Å². The average molecular weight is 627 g/mol. The van der Waals surface area contributed by atoms with Gasteiger partial charge in [-0.2, -0.15) is 0 Å². The summed E-state index contributed by atoms with van der Waals surface area (Å²) in [6.07, 6.45) is 7.97. The van der Waals surface area contributed by atoms with Gasteiger partial charge < -0.3 is 29.3 Å². The summed E-state index contributed by atoms with van der Waals surface area (Å²) in [4.78, 5) is 51.6. The number of hydrogen-bond donors (Lipinski definition) is 1. The predicted octanol–water partition coefficient (Wildman–Crippen LogP) is 1.89. The third-order valence-electron chi connectivity index (χ3n) is 10.4. The van der Waals surface area contributed by atoms with Crippen LogP contribution in [-0.4, -0.2) is 120 Å². The van der Waals surface area contributed by atoms with Gasteiger partial charge in [-0.05, 0) is 31.0 Å². The number of carbonyl (C=O) groups excluding carboxylic acids is 3. The molecule has 3 fully saturated rings. The van der Waals surface area contributed by atoms with Crippen LogP contribution in [0.2, 0.25) is 0 Å². The Hall–Kier alpha value is -3.83. The number of carbonyl (C=O) groups is 3. The minimum absolute atomic E-state index is 0.215. The van der Waals surface area contributed by atoms with E-state index in [4.69, 9.17) is 9.47 Å². The van der Waals surface area contributed by atoms with Gasteiger partial charge >= 0.3 is 0 Å². The van der Waals surface area contributed by atoms with Crippen LogP contribution in [0.4, 0.5) is 5.69 Å². The number of anilines is 1. The van der Waals surface area contributed by atoms with Crippen molar-refractivity contribution in [2.24, 2.45) is 11.8 Å². The lowest BCUT2D eigenvalue weighted by Crippen LogP contribution is -2.59. The van der Waals surface area contributed by atoms with Gasteiger partial charge in [0.15, 0.2) is 0 Å². The minimum atomic E-state index is -1.38. The van der Waals surface area contributed by atoms with E-state index >= 15 is 0 Å². The molecular formula is C36H42N4O6. The topological polar surface area (TPSA) is 103 Å². The van der Waals surface area contributed by atoms with Crippen molar-refractivity contribution in [3.05, 3.63) is 90.5 Å². The fourth-order valence-electron chi connectivity index (χ4n) is 8.17. The highest BCUT2D eigenvalue weighted by Crippen LogP contribution is 2.58. The Morgan fingerprint density at radius 3 is 2.26 bits per heavy atom. The summed E-state index contributed by atoms with van der Waals surface area (Å²) >= 11 is 0. The number of hydrogen-bond acceptors (Lipinski definition) is 7. The smallest absolute Gasteiger partial charge is 0.249 e. The number of likely N-dealkylation sites (tertiary alicyclic amines) is 1. The number of aliphatic hydroxyl groups excluding tert-OH is 1. The van der Waals surface area contributed by atoms with Crippen LogP contribution < -0.4 is 4.90 Å². The number of aliphatic hydroxyl groups is 1. The maximum atomic E-state index is 14.9. The summed E-state index contributed by atoms with van der Waals surface area (Å²) in [5, 5.41) is 10.8. The molecule has 0 aromatic heterocycles. The summed E-state index contributed by atoms with van der Waals surface area (Å²) in [6.45, 7) is 6.32. The van der Waals surface area contributed by atoms with E-state index < -0.39 is 35.1 Å². The Morgan fingerprint density at radius 2 is 1.54 bits per heavy atom. The van der Waals surface area contributed by atoms with E-state index in [1.165, 1.54) is 0 Å². The van der Waals surface area contributed by atoms with Gasteiger partial charge in [0.1, 0.15) is 11.6 Å². The van der Waals surface area contributed by atoms with Gasteiger partial charge in [0.25, 0.3) is 0 Å². The molecule has 10 nitrogen and oxygen atoms in total. The van der Waals surface area contributed by atoms with E-state index in [-0.39, 0.29) is 24.3 Å². The molecule has 1 spiro atoms. The van der Waals surface area contributed by atoms with E-state index in [0.29, 0.717) is 45.8 Å². The van der Waals surface area contributed by atoms with Crippen LogP contribution in [0.15, 0.2) is 85.0 Å². The molecule has 2 aromatic rings. The van der Waals surface area contributed by atoms with Crippen molar-refractivity contribution in [1.29, 1.82) is 0 Å². The van der Waals surface area contributed by atoms with E-state index in [9.17, 15) is 19.5 Å². The molecule has 3 saturated heterocycles. The normalized spacial score (nSPS) is 31.8. The Balaban J connectivity index is 1.29. The summed E-state index contributed by atoms with van der Waals surface area (Å²) in [6, 6.07) is 17.4. The largest absolute Gasteiger partial charge is 0.394 e. The van der Waals surface area contributed by atoms with Gasteiger partial charge in [-0.1, -0.05) is 72.8 Å². The van der Waals surface area contributed by atoms with Gasteiger partial charge in [-0.3, -0.25) is 19.3 Å². The van der Waals surface area contributed by atoms with E-state index in [2.05, 4.69) is 4.90 Å². The van der Waals surface area contributed by atoms with Crippen molar-refractivity contribution < 1.29 is 29.0 Å². The van der Waals surface area contributed by atoms with E-state index in [1.54, 1.807) is 14.7 Å². The number of morpholine rings is 1. The third-order valence-corrected chi connectivity index (χ3v) is 10.4. The second-order valence-electron chi connectivity index (χ2n) is 13.1. The number of fused-ring (bicyclic) bond motifs is 2. The van der Waals surface area contributed by atoms with Gasteiger partial charge in [-0.25, -0.2) is 0 Å². The van der Waals surface area contributed by atoms with Gasteiger partial charge in [0.05, 0.1) is 43.3 Å². The van der Waals surface area contributed by atoms with E-state index in [1.807, 2.05) is 91.9 Å². The zero-order valence-corrected chi connectivity index (χ0v) is 26.2. The molecule has 46 heavy (non-hydrogen) atoms. The summed E-state index contributed by atoms with van der Waals surface area (Å²) < 4.78 is 12.5. The first kappa shape index (κ1) is 30.8.